The SMILES string of the molecule is O=C1CCC(N2C(=O)c3cccc(NCc4ccc(CN5CCN(CC6CC6)CC5)cc4F)c3C2=O)C(=O)N1. The number of amides is 4. The normalized spacial score (nSPS) is 22.3. The number of imide groups is 2. The molecular formula is C29H32FN5O4. The maximum atomic E-state index is 15.0. The first-order valence-corrected chi connectivity index (χ1v) is 13.7. The van der Waals surface area contributed by atoms with Crippen LogP contribution in [0.15, 0.2) is 36.4 Å². The molecule has 3 heterocycles. The highest BCUT2D eigenvalue weighted by Gasteiger charge is 2.45. The summed E-state index contributed by atoms with van der Waals surface area (Å²) in [6.45, 7) is 6.14. The maximum absolute atomic E-state index is 15.0. The molecule has 3 fully saturated rings. The maximum Gasteiger partial charge on any atom is 0.264 e. The molecular weight excluding hydrogens is 501 g/mol. The number of carbonyl (C=O) groups excluding carboxylic acids is 4. The summed E-state index contributed by atoms with van der Waals surface area (Å²) in [5.74, 6) is -1.68. The zero-order valence-corrected chi connectivity index (χ0v) is 21.7. The van der Waals surface area contributed by atoms with Gasteiger partial charge in [-0.3, -0.25) is 34.3 Å². The number of hydrogen-bond donors (Lipinski definition) is 2. The molecule has 1 atom stereocenters. The van der Waals surface area contributed by atoms with Crippen LogP contribution >= 0.6 is 0 Å². The average Bonchev–Trinajstić information content (AvgIpc) is 3.70. The summed E-state index contributed by atoms with van der Waals surface area (Å²) in [7, 11) is 0. The van der Waals surface area contributed by atoms with Gasteiger partial charge >= 0.3 is 0 Å². The Labute approximate surface area is 226 Å². The summed E-state index contributed by atoms with van der Waals surface area (Å²) >= 11 is 0. The zero-order valence-electron chi connectivity index (χ0n) is 21.7. The van der Waals surface area contributed by atoms with Crippen molar-refractivity contribution in [3.05, 3.63) is 64.5 Å². The topological polar surface area (TPSA) is 102 Å². The summed E-state index contributed by atoms with van der Waals surface area (Å²) in [6.07, 6.45) is 2.87. The minimum Gasteiger partial charge on any atom is -0.380 e. The van der Waals surface area contributed by atoms with Gasteiger partial charge in [-0.15, -0.1) is 0 Å². The van der Waals surface area contributed by atoms with Gasteiger partial charge in [-0.25, -0.2) is 4.39 Å². The van der Waals surface area contributed by atoms with Crippen molar-refractivity contribution in [2.45, 2.75) is 44.8 Å². The van der Waals surface area contributed by atoms with Crippen LogP contribution in [0.4, 0.5) is 10.1 Å². The predicted molar refractivity (Wildman–Crippen MR) is 141 cm³/mol. The van der Waals surface area contributed by atoms with Gasteiger partial charge in [0.05, 0.1) is 11.1 Å². The standard InChI is InChI=1S/C29H32FN5O4/c30-22-14-19(17-34-12-10-33(11-13-34)16-18-4-5-18)6-7-20(22)15-31-23-3-1-2-21-26(23)29(39)35(28(21)38)24-8-9-25(36)32-27(24)37/h1-3,6-7,14,18,24,31H,4-5,8-13,15-17H2,(H,32,36,37). The molecule has 2 aromatic carbocycles. The Morgan fingerprint density at radius 3 is 2.41 bits per heavy atom. The van der Waals surface area contributed by atoms with Crippen LogP contribution in [0.1, 0.15) is 57.5 Å². The number of nitrogens with zero attached hydrogens (tertiary/aromatic N) is 3. The predicted octanol–water partition coefficient (Wildman–Crippen LogP) is 2.37. The highest BCUT2D eigenvalue weighted by molar-refractivity contribution is 6.25. The van der Waals surface area contributed by atoms with Crippen LogP contribution in [0.5, 0.6) is 0 Å². The number of fused-ring (bicyclic) bond motifs is 1. The molecule has 204 valence electrons. The number of hydrogen-bond acceptors (Lipinski definition) is 7. The lowest BCUT2D eigenvalue weighted by Crippen LogP contribution is -2.54. The van der Waals surface area contributed by atoms with Crippen molar-refractivity contribution in [2.24, 2.45) is 5.92 Å². The Bertz CT molecular complexity index is 1330. The van der Waals surface area contributed by atoms with Crippen LogP contribution in [0.2, 0.25) is 0 Å². The van der Waals surface area contributed by atoms with E-state index in [9.17, 15) is 19.2 Å². The molecule has 4 aliphatic rings. The van der Waals surface area contributed by atoms with E-state index >= 15 is 4.39 Å². The van der Waals surface area contributed by atoms with E-state index in [-0.39, 0.29) is 36.3 Å². The van der Waals surface area contributed by atoms with Crippen molar-refractivity contribution in [3.63, 3.8) is 0 Å². The van der Waals surface area contributed by atoms with Crippen LogP contribution in [0.25, 0.3) is 0 Å². The van der Waals surface area contributed by atoms with Crippen molar-refractivity contribution < 1.29 is 23.6 Å². The number of carbonyl (C=O) groups is 4. The zero-order chi connectivity index (χ0) is 27.1. The van der Waals surface area contributed by atoms with E-state index in [4.69, 9.17) is 0 Å². The fourth-order valence-electron chi connectivity index (χ4n) is 5.74. The van der Waals surface area contributed by atoms with Gasteiger partial charge in [-0.05, 0) is 48.9 Å². The second kappa shape index (κ2) is 10.5. The summed E-state index contributed by atoms with van der Waals surface area (Å²) < 4.78 is 15.0. The lowest BCUT2D eigenvalue weighted by Gasteiger charge is -2.34. The van der Waals surface area contributed by atoms with E-state index in [2.05, 4.69) is 20.4 Å². The second-order valence-corrected chi connectivity index (χ2v) is 11.0. The fraction of sp³-hybridized carbons (Fsp3) is 0.448. The van der Waals surface area contributed by atoms with E-state index in [1.807, 2.05) is 6.07 Å². The summed E-state index contributed by atoms with van der Waals surface area (Å²) in [5.41, 5.74) is 2.11. The Morgan fingerprint density at radius 2 is 1.69 bits per heavy atom. The van der Waals surface area contributed by atoms with E-state index in [0.717, 1.165) is 42.6 Å². The Kier molecular flexibility index (Phi) is 6.90. The van der Waals surface area contributed by atoms with Crippen molar-refractivity contribution in [1.82, 2.24) is 20.0 Å². The summed E-state index contributed by atoms with van der Waals surface area (Å²) in [6, 6.07) is 9.07. The molecule has 2 saturated heterocycles. The molecule has 3 aliphatic heterocycles. The first kappa shape index (κ1) is 25.6. The van der Waals surface area contributed by atoms with Crippen LogP contribution in [0.3, 0.4) is 0 Å². The van der Waals surface area contributed by atoms with Crippen molar-refractivity contribution in [2.75, 3.05) is 38.0 Å². The quantitative estimate of drug-likeness (QED) is 0.503. The van der Waals surface area contributed by atoms with Gasteiger partial charge in [0.15, 0.2) is 0 Å². The second-order valence-electron chi connectivity index (χ2n) is 11.0. The lowest BCUT2D eigenvalue weighted by molar-refractivity contribution is -0.136. The van der Waals surface area contributed by atoms with Crippen LogP contribution in [-0.4, -0.2) is 77.1 Å². The first-order valence-electron chi connectivity index (χ1n) is 13.7. The Morgan fingerprint density at radius 1 is 0.923 bits per heavy atom. The molecule has 4 amide bonds. The molecule has 0 spiro atoms. The molecule has 1 aliphatic carbocycles. The van der Waals surface area contributed by atoms with Crippen molar-refractivity contribution in [3.8, 4) is 0 Å². The number of halogens is 1. The number of benzene rings is 2. The van der Waals surface area contributed by atoms with E-state index in [1.54, 1.807) is 24.3 Å². The number of rotatable bonds is 8. The van der Waals surface area contributed by atoms with Gasteiger partial charge in [0.1, 0.15) is 11.9 Å². The first-order chi connectivity index (χ1) is 18.9. The van der Waals surface area contributed by atoms with Crippen molar-refractivity contribution >= 4 is 29.3 Å². The smallest absolute Gasteiger partial charge is 0.264 e. The Hall–Kier alpha value is -3.63. The van der Waals surface area contributed by atoms with E-state index in [0.29, 0.717) is 17.8 Å². The third kappa shape index (κ3) is 5.31. The van der Waals surface area contributed by atoms with Gasteiger partial charge in [0, 0.05) is 63.5 Å². The van der Waals surface area contributed by atoms with Crippen LogP contribution in [0, 0.1) is 11.7 Å². The van der Waals surface area contributed by atoms with Crippen LogP contribution in [-0.2, 0) is 22.7 Å². The highest BCUT2D eigenvalue weighted by Crippen LogP contribution is 2.33. The molecule has 9 nitrogen and oxygen atoms in total. The molecule has 0 radical (unpaired) electrons. The number of piperazine rings is 1. The van der Waals surface area contributed by atoms with Gasteiger partial charge in [0.2, 0.25) is 11.8 Å². The monoisotopic (exact) mass is 533 g/mol. The third-order valence-corrected chi connectivity index (χ3v) is 8.14. The minimum absolute atomic E-state index is 0.0564. The lowest BCUT2D eigenvalue weighted by atomic mass is 10.0. The molecule has 39 heavy (non-hydrogen) atoms. The average molecular weight is 534 g/mol. The minimum atomic E-state index is -1.03. The number of anilines is 1. The fourth-order valence-corrected chi connectivity index (χ4v) is 5.74. The molecule has 0 bridgehead atoms. The van der Waals surface area contributed by atoms with Crippen molar-refractivity contribution in [1.29, 1.82) is 0 Å². The summed E-state index contributed by atoms with van der Waals surface area (Å²) in [5, 5.41) is 5.31. The molecule has 6 rings (SSSR count). The molecule has 2 aromatic rings. The van der Waals surface area contributed by atoms with Crippen LogP contribution < -0.4 is 10.6 Å². The molecule has 0 aromatic heterocycles. The Balaban J connectivity index is 1.09. The summed E-state index contributed by atoms with van der Waals surface area (Å²) in [4.78, 5) is 56.0. The molecule has 2 N–H and O–H groups in total. The van der Waals surface area contributed by atoms with E-state index in [1.165, 1.54) is 25.5 Å². The number of nitrogens with one attached hydrogen (secondary N) is 2. The van der Waals surface area contributed by atoms with Gasteiger partial charge in [-0.2, -0.15) is 0 Å². The molecule has 1 unspecified atom stereocenters. The van der Waals surface area contributed by atoms with E-state index < -0.39 is 29.7 Å². The third-order valence-electron chi connectivity index (χ3n) is 8.14. The molecule has 10 heteroatoms. The van der Waals surface area contributed by atoms with Gasteiger partial charge in [0.25, 0.3) is 11.8 Å². The number of piperidine rings is 1. The molecule has 1 saturated carbocycles. The van der Waals surface area contributed by atoms with Gasteiger partial charge < -0.3 is 10.2 Å². The highest BCUT2D eigenvalue weighted by atomic mass is 19.1. The largest absolute Gasteiger partial charge is 0.380 e. The van der Waals surface area contributed by atoms with Gasteiger partial charge in [-0.1, -0.05) is 18.2 Å².